The lowest BCUT2D eigenvalue weighted by Gasteiger charge is -2.71. The maximum atomic E-state index is 12.0. The van der Waals surface area contributed by atoms with E-state index in [0.29, 0.717) is 22.7 Å². The largest absolute Gasteiger partial charge is 0.393 e. The van der Waals surface area contributed by atoms with Gasteiger partial charge in [-0.1, -0.05) is 66.5 Å². The molecule has 0 bridgehead atoms. The fourth-order valence-electron chi connectivity index (χ4n) is 10.6. The number of fused-ring (bicyclic) bond motifs is 6. The van der Waals surface area contributed by atoms with E-state index in [1.807, 2.05) is 0 Å². The average Bonchev–Trinajstić information content (AvgIpc) is 2.68. The molecule has 4 fully saturated rings. The molecule has 2 nitrogen and oxygen atoms in total. The summed E-state index contributed by atoms with van der Waals surface area (Å²) >= 11 is 0. The fourth-order valence-corrected chi connectivity index (χ4v) is 10.6. The molecule has 182 valence electrons. The second kappa shape index (κ2) is 6.66. The maximum Gasteiger partial charge on any atom is 0.0616 e. The predicted octanol–water partition coefficient (Wildman–Crippen LogP) is 7.28. The van der Waals surface area contributed by atoms with Crippen molar-refractivity contribution >= 4 is 0 Å². The van der Waals surface area contributed by atoms with Crippen molar-refractivity contribution in [3.05, 3.63) is 11.1 Å². The molecule has 5 aliphatic rings. The zero-order valence-corrected chi connectivity index (χ0v) is 22.3. The number of aliphatic hydroxyl groups excluding tert-OH is 2. The molecule has 0 saturated heterocycles. The zero-order valence-electron chi connectivity index (χ0n) is 22.3. The van der Waals surface area contributed by atoms with E-state index in [1.165, 1.54) is 44.9 Å². The van der Waals surface area contributed by atoms with E-state index in [-0.39, 0.29) is 33.9 Å². The minimum Gasteiger partial charge on any atom is -0.393 e. The van der Waals surface area contributed by atoms with Crippen molar-refractivity contribution in [3.63, 3.8) is 0 Å². The Hall–Kier alpha value is -0.340. The van der Waals surface area contributed by atoms with Crippen molar-refractivity contribution in [2.45, 2.75) is 132 Å². The highest BCUT2D eigenvalue weighted by Gasteiger charge is 2.69. The van der Waals surface area contributed by atoms with Crippen LogP contribution in [0.25, 0.3) is 0 Å². The van der Waals surface area contributed by atoms with Crippen molar-refractivity contribution < 1.29 is 10.2 Å². The van der Waals surface area contributed by atoms with Crippen LogP contribution in [0.1, 0.15) is 120 Å². The molecule has 0 aliphatic heterocycles. The van der Waals surface area contributed by atoms with Gasteiger partial charge in [0.05, 0.1) is 12.2 Å². The molecule has 8 atom stereocenters. The lowest BCUT2D eigenvalue weighted by molar-refractivity contribution is -0.232. The van der Waals surface area contributed by atoms with Gasteiger partial charge in [-0.25, -0.2) is 0 Å². The summed E-state index contributed by atoms with van der Waals surface area (Å²) in [5.41, 5.74) is 4.54. The molecule has 5 aliphatic carbocycles. The standard InChI is InChI=1S/C30H50O2/c1-25(2)13-14-27(5)15-16-29(7)19(20(27)18-25)17-21(31)24-28(6)11-10-23(32)26(3,4)22(28)9-12-30(24,29)8/h21-24,31-32H,9-18H2,1-8H3. The van der Waals surface area contributed by atoms with Gasteiger partial charge in [0.1, 0.15) is 0 Å². The monoisotopic (exact) mass is 442 g/mol. The number of aliphatic hydroxyl groups is 2. The van der Waals surface area contributed by atoms with Crippen molar-refractivity contribution in [2.75, 3.05) is 0 Å². The Morgan fingerprint density at radius 1 is 0.719 bits per heavy atom. The third-order valence-electron chi connectivity index (χ3n) is 12.9. The first kappa shape index (κ1) is 23.4. The molecule has 0 aromatic heterocycles. The van der Waals surface area contributed by atoms with Gasteiger partial charge in [-0.2, -0.15) is 0 Å². The lowest BCUT2D eigenvalue weighted by atomic mass is 9.33. The Balaban J connectivity index is 1.63. The van der Waals surface area contributed by atoms with Crippen LogP contribution < -0.4 is 0 Å². The Kier molecular flexibility index (Phi) is 4.87. The van der Waals surface area contributed by atoms with E-state index < -0.39 is 0 Å². The molecule has 0 amide bonds. The Morgan fingerprint density at radius 2 is 1.38 bits per heavy atom. The highest BCUT2D eigenvalue weighted by molar-refractivity contribution is 5.39. The molecule has 2 heteroatoms. The van der Waals surface area contributed by atoms with Crippen LogP contribution in [0.5, 0.6) is 0 Å². The van der Waals surface area contributed by atoms with E-state index in [1.54, 1.807) is 11.1 Å². The van der Waals surface area contributed by atoms with Crippen LogP contribution in [-0.2, 0) is 0 Å². The Labute approximate surface area is 197 Å². The molecule has 0 aromatic rings. The van der Waals surface area contributed by atoms with Gasteiger partial charge in [0.2, 0.25) is 0 Å². The molecule has 0 radical (unpaired) electrons. The Bertz CT molecular complexity index is 838. The van der Waals surface area contributed by atoms with Gasteiger partial charge in [-0.05, 0) is 109 Å². The first-order chi connectivity index (χ1) is 14.6. The zero-order chi connectivity index (χ0) is 23.5. The van der Waals surface area contributed by atoms with Crippen LogP contribution in [0.4, 0.5) is 0 Å². The topological polar surface area (TPSA) is 40.5 Å². The predicted molar refractivity (Wildman–Crippen MR) is 132 cm³/mol. The second-order valence-electron chi connectivity index (χ2n) is 15.3. The number of rotatable bonds is 0. The van der Waals surface area contributed by atoms with E-state index in [9.17, 15) is 10.2 Å². The first-order valence-corrected chi connectivity index (χ1v) is 13.7. The molecule has 0 aromatic carbocycles. The van der Waals surface area contributed by atoms with E-state index >= 15 is 0 Å². The van der Waals surface area contributed by atoms with Gasteiger partial charge in [-0.15, -0.1) is 0 Å². The van der Waals surface area contributed by atoms with E-state index in [0.717, 1.165) is 19.3 Å². The summed E-state index contributed by atoms with van der Waals surface area (Å²) in [5, 5.41) is 22.9. The molecule has 32 heavy (non-hydrogen) atoms. The van der Waals surface area contributed by atoms with Crippen molar-refractivity contribution in [3.8, 4) is 0 Å². The van der Waals surface area contributed by atoms with Gasteiger partial charge < -0.3 is 10.2 Å². The van der Waals surface area contributed by atoms with E-state index in [4.69, 9.17) is 0 Å². The second-order valence-corrected chi connectivity index (χ2v) is 15.3. The highest BCUT2D eigenvalue weighted by Crippen LogP contribution is 2.75. The van der Waals surface area contributed by atoms with Crippen LogP contribution in [0.15, 0.2) is 11.1 Å². The summed E-state index contributed by atoms with van der Waals surface area (Å²) < 4.78 is 0. The van der Waals surface area contributed by atoms with Gasteiger partial charge >= 0.3 is 0 Å². The maximum absolute atomic E-state index is 12.0. The third kappa shape index (κ3) is 2.78. The quantitative estimate of drug-likeness (QED) is 0.387. The Morgan fingerprint density at radius 3 is 2.06 bits per heavy atom. The summed E-state index contributed by atoms with van der Waals surface area (Å²) in [6, 6.07) is 0. The summed E-state index contributed by atoms with van der Waals surface area (Å²) in [4.78, 5) is 0. The summed E-state index contributed by atoms with van der Waals surface area (Å²) in [5.74, 6) is 0.822. The molecule has 5 rings (SSSR count). The molecule has 0 heterocycles. The minimum atomic E-state index is -0.248. The van der Waals surface area contributed by atoms with Crippen molar-refractivity contribution in [1.29, 1.82) is 0 Å². The minimum absolute atomic E-state index is 0.0633. The van der Waals surface area contributed by atoms with Gasteiger partial charge in [0.15, 0.2) is 0 Å². The molecule has 4 saturated carbocycles. The highest BCUT2D eigenvalue weighted by atomic mass is 16.3. The number of allylic oxidation sites excluding steroid dienone is 1. The third-order valence-corrected chi connectivity index (χ3v) is 12.9. The van der Waals surface area contributed by atoms with E-state index in [2.05, 4.69) is 55.4 Å². The number of hydrogen-bond donors (Lipinski definition) is 2. The van der Waals surface area contributed by atoms with Crippen LogP contribution in [0.2, 0.25) is 0 Å². The normalized spacial score (nSPS) is 54.2. The summed E-state index contributed by atoms with van der Waals surface area (Å²) in [7, 11) is 0. The molecule has 0 spiro atoms. The molecule has 2 N–H and O–H groups in total. The van der Waals surface area contributed by atoms with Gasteiger partial charge in [-0.3, -0.25) is 0 Å². The number of hydrogen-bond acceptors (Lipinski definition) is 2. The smallest absolute Gasteiger partial charge is 0.0616 e. The average molecular weight is 443 g/mol. The first-order valence-electron chi connectivity index (χ1n) is 13.7. The van der Waals surface area contributed by atoms with Crippen LogP contribution in [0, 0.1) is 44.3 Å². The summed E-state index contributed by atoms with van der Waals surface area (Å²) in [6.45, 7) is 19.7. The fraction of sp³-hybridized carbons (Fsp3) is 0.933. The molecule has 8 unspecified atom stereocenters. The lowest BCUT2D eigenvalue weighted by Crippen LogP contribution is -2.67. The van der Waals surface area contributed by atoms with Crippen LogP contribution >= 0.6 is 0 Å². The van der Waals surface area contributed by atoms with Crippen LogP contribution in [-0.4, -0.2) is 22.4 Å². The van der Waals surface area contributed by atoms with Crippen molar-refractivity contribution in [1.82, 2.24) is 0 Å². The molecular formula is C30H50O2. The van der Waals surface area contributed by atoms with Crippen LogP contribution in [0.3, 0.4) is 0 Å². The summed E-state index contributed by atoms with van der Waals surface area (Å²) in [6.07, 6.45) is 11.2. The SMILES string of the molecule is CC1(C)CCC2(C)CCC3(C)C(=C2C1)CC(O)C1C2(C)CCC(O)C(C)(C)C2CCC13C. The van der Waals surface area contributed by atoms with Gasteiger partial charge in [0.25, 0.3) is 0 Å². The van der Waals surface area contributed by atoms with Crippen molar-refractivity contribution in [2.24, 2.45) is 44.3 Å². The van der Waals surface area contributed by atoms with Gasteiger partial charge in [0, 0.05) is 0 Å². The molecular weight excluding hydrogens is 392 g/mol.